The molecule has 0 bridgehead atoms. The number of rotatable bonds is 5. The molecule has 1 fully saturated rings. The lowest BCUT2D eigenvalue weighted by molar-refractivity contribution is 0.100. The Labute approximate surface area is 106 Å². The maximum Gasteiger partial charge on any atom is 0.249 e. The SMILES string of the molecule is C[C@@H](NCc1cc(C(N)=O)cs1)C1CCCC1. The maximum atomic E-state index is 11.0. The van der Waals surface area contributed by atoms with Crippen molar-refractivity contribution in [3.05, 3.63) is 21.9 Å². The maximum absolute atomic E-state index is 11.0. The summed E-state index contributed by atoms with van der Waals surface area (Å²) in [6.07, 6.45) is 5.46. The van der Waals surface area contributed by atoms with Crippen LogP contribution in [-0.4, -0.2) is 11.9 Å². The van der Waals surface area contributed by atoms with Crippen LogP contribution in [0.3, 0.4) is 0 Å². The third-order valence-corrected chi connectivity index (χ3v) is 4.58. The first-order chi connectivity index (χ1) is 8.16. The molecule has 0 saturated heterocycles. The number of hydrogen-bond donors (Lipinski definition) is 2. The Morgan fingerprint density at radius 3 is 2.88 bits per heavy atom. The van der Waals surface area contributed by atoms with Crippen molar-refractivity contribution in [2.75, 3.05) is 0 Å². The monoisotopic (exact) mass is 252 g/mol. The number of hydrogen-bond acceptors (Lipinski definition) is 3. The van der Waals surface area contributed by atoms with E-state index in [4.69, 9.17) is 5.73 Å². The van der Waals surface area contributed by atoms with Crippen LogP contribution in [0, 0.1) is 5.92 Å². The van der Waals surface area contributed by atoms with Crippen molar-refractivity contribution in [3.63, 3.8) is 0 Å². The van der Waals surface area contributed by atoms with E-state index < -0.39 is 0 Å². The van der Waals surface area contributed by atoms with Crippen LogP contribution in [0.25, 0.3) is 0 Å². The molecule has 3 nitrogen and oxygen atoms in total. The van der Waals surface area contributed by atoms with E-state index in [0.29, 0.717) is 11.6 Å². The Bertz CT molecular complexity index is 383. The van der Waals surface area contributed by atoms with Crippen molar-refractivity contribution < 1.29 is 4.79 Å². The Hall–Kier alpha value is -0.870. The van der Waals surface area contributed by atoms with Gasteiger partial charge in [0.25, 0.3) is 0 Å². The van der Waals surface area contributed by atoms with E-state index in [1.165, 1.54) is 30.6 Å². The van der Waals surface area contributed by atoms with Crippen molar-refractivity contribution in [3.8, 4) is 0 Å². The number of thiophene rings is 1. The fourth-order valence-electron chi connectivity index (χ4n) is 2.49. The van der Waals surface area contributed by atoms with Crippen LogP contribution < -0.4 is 11.1 Å². The molecule has 0 unspecified atom stereocenters. The van der Waals surface area contributed by atoms with Crippen LogP contribution in [0.2, 0.25) is 0 Å². The Morgan fingerprint density at radius 1 is 1.59 bits per heavy atom. The molecule has 17 heavy (non-hydrogen) atoms. The summed E-state index contributed by atoms with van der Waals surface area (Å²) < 4.78 is 0. The van der Waals surface area contributed by atoms with Crippen molar-refractivity contribution in [1.82, 2.24) is 5.32 Å². The van der Waals surface area contributed by atoms with Gasteiger partial charge < -0.3 is 11.1 Å². The number of amides is 1. The van der Waals surface area contributed by atoms with Gasteiger partial charge in [-0.2, -0.15) is 0 Å². The van der Waals surface area contributed by atoms with Crippen LogP contribution in [0.5, 0.6) is 0 Å². The molecule has 2 rings (SSSR count). The number of nitrogens with two attached hydrogens (primary N) is 1. The highest BCUT2D eigenvalue weighted by Gasteiger charge is 2.21. The minimum Gasteiger partial charge on any atom is -0.366 e. The summed E-state index contributed by atoms with van der Waals surface area (Å²) in [6.45, 7) is 3.11. The van der Waals surface area contributed by atoms with E-state index in [1.54, 1.807) is 11.3 Å². The number of nitrogens with one attached hydrogen (secondary N) is 1. The summed E-state index contributed by atoms with van der Waals surface area (Å²) in [6, 6.07) is 2.46. The van der Waals surface area contributed by atoms with Gasteiger partial charge in [-0.05, 0) is 31.7 Å². The van der Waals surface area contributed by atoms with Gasteiger partial charge in [0, 0.05) is 22.8 Å². The second kappa shape index (κ2) is 5.65. The molecule has 94 valence electrons. The average Bonchev–Trinajstić information content (AvgIpc) is 2.97. The number of carbonyl (C=O) groups is 1. The lowest BCUT2D eigenvalue weighted by Gasteiger charge is -2.19. The van der Waals surface area contributed by atoms with Crippen LogP contribution >= 0.6 is 11.3 Å². The van der Waals surface area contributed by atoms with E-state index in [2.05, 4.69) is 12.2 Å². The normalized spacial score (nSPS) is 18.4. The van der Waals surface area contributed by atoms with Gasteiger partial charge in [-0.3, -0.25) is 4.79 Å². The first-order valence-corrected chi connectivity index (χ1v) is 7.15. The van der Waals surface area contributed by atoms with E-state index in [-0.39, 0.29) is 5.91 Å². The van der Waals surface area contributed by atoms with Crippen LogP contribution in [-0.2, 0) is 6.54 Å². The highest BCUT2D eigenvalue weighted by Crippen LogP contribution is 2.27. The third kappa shape index (κ3) is 3.30. The summed E-state index contributed by atoms with van der Waals surface area (Å²) in [5.74, 6) is 0.488. The summed E-state index contributed by atoms with van der Waals surface area (Å²) >= 11 is 1.60. The van der Waals surface area contributed by atoms with Crippen molar-refractivity contribution in [1.29, 1.82) is 0 Å². The molecule has 1 heterocycles. The second-order valence-corrected chi connectivity index (χ2v) is 5.88. The van der Waals surface area contributed by atoms with Gasteiger partial charge in [-0.1, -0.05) is 12.8 Å². The zero-order chi connectivity index (χ0) is 12.3. The predicted molar refractivity (Wildman–Crippen MR) is 71.1 cm³/mol. The quantitative estimate of drug-likeness (QED) is 0.846. The lowest BCUT2D eigenvalue weighted by atomic mass is 10.00. The van der Waals surface area contributed by atoms with Crippen LogP contribution in [0.1, 0.15) is 47.8 Å². The summed E-state index contributed by atoms with van der Waals surface area (Å²) in [5, 5.41) is 5.38. The molecule has 0 aliphatic heterocycles. The van der Waals surface area contributed by atoms with E-state index in [9.17, 15) is 4.79 Å². The molecule has 1 saturated carbocycles. The minimum atomic E-state index is -0.337. The number of carbonyl (C=O) groups excluding carboxylic acids is 1. The molecular weight excluding hydrogens is 232 g/mol. The Morgan fingerprint density at radius 2 is 2.29 bits per heavy atom. The zero-order valence-corrected chi connectivity index (χ0v) is 11.1. The highest BCUT2D eigenvalue weighted by atomic mass is 32.1. The first-order valence-electron chi connectivity index (χ1n) is 6.27. The molecule has 0 spiro atoms. The van der Waals surface area contributed by atoms with Gasteiger partial charge in [0.05, 0.1) is 5.56 Å². The smallest absolute Gasteiger partial charge is 0.249 e. The molecule has 0 radical (unpaired) electrons. The molecule has 4 heteroatoms. The standard InChI is InChI=1S/C13H20N2OS/c1-9(10-4-2-3-5-10)15-7-12-6-11(8-17-12)13(14)16/h6,8-10,15H,2-5,7H2,1H3,(H2,14,16)/t9-/m1/s1. The predicted octanol–water partition coefficient (Wildman–Crippen LogP) is 2.52. The molecule has 0 aromatic carbocycles. The largest absolute Gasteiger partial charge is 0.366 e. The van der Waals surface area contributed by atoms with Crippen LogP contribution in [0.4, 0.5) is 0 Å². The molecule has 3 N–H and O–H groups in total. The summed E-state index contributed by atoms with van der Waals surface area (Å²) in [4.78, 5) is 12.2. The highest BCUT2D eigenvalue weighted by molar-refractivity contribution is 7.10. The van der Waals surface area contributed by atoms with Gasteiger partial charge in [-0.15, -0.1) is 11.3 Å². The fraction of sp³-hybridized carbons (Fsp3) is 0.615. The molecule has 1 amide bonds. The molecule has 1 aromatic rings. The zero-order valence-electron chi connectivity index (χ0n) is 10.2. The lowest BCUT2D eigenvalue weighted by Crippen LogP contribution is -2.31. The molecular formula is C13H20N2OS. The average molecular weight is 252 g/mol. The summed E-state index contributed by atoms with van der Waals surface area (Å²) in [7, 11) is 0. The van der Waals surface area contributed by atoms with Crippen molar-refractivity contribution in [2.45, 2.75) is 45.2 Å². The second-order valence-electron chi connectivity index (χ2n) is 4.88. The van der Waals surface area contributed by atoms with Gasteiger partial charge >= 0.3 is 0 Å². The van der Waals surface area contributed by atoms with Gasteiger partial charge in [0.1, 0.15) is 0 Å². The minimum absolute atomic E-state index is 0.337. The first kappa shape index (κ1) is 12.6. The molecule has 1 aromatic heterocycles. The molecule has 1 aliphatic carbocycles. The molecule has 1 atom stereocenters. The number of primary amides is 1. The summed E-state index contributed by atoms with van der Waals surface area (Å²) in [5.41, 5.74) is 5.86. The van der Waals surface area contributed by atoms with E-state index in [1.807, 2.05) is 11.4 Å². The van der Waals surface area contributed by atoms with Gasteiger partial charge in [0.2, 0.25) is 5.91 Å². The molecule has 1 aliphatic rings. The fourth-order valence-corrected chi connectivity index (χ4v) is 3.31. The topological polar surface area (TPSA) is 55.1 Å². The third-order valence-electron chi connectivity index (χ3n) is 3.64. The Balaban J connectivity index is 1.82. The van der Waals surface area contributed by atoms with E-state index in [0.717, 1.165) is 12.5 Å². The van der Waals surface area contributed by atoms with Gasteiger partial charge in [-0.25, -0.2) is 0 Å². The van der Waals surface area contributed by atoms with Crippen molar-refractivity contribution >= 4 is 17.2 Å². The van der Waals surface area contributed by atoms with E-state index >= 15 is 0 Å². The van der Waals surface area contributed by atoms with Crippen molar-refractivity contribution in [2.24, 2.45) is 11.7 Å². The Kier molecular flexibility index (Phi) is 4.18. The van der Waals surface area contributed by atoms with Crippen LogP contribution in [0.15, 0.2) is 11.4 Å². The van der Waals surface area contributed by atoms with Gasteiger partial charge in [0.15, 0.2) is 0 Å².